The molecule has 7 heteroatoms. The van der Waals surface area contributed by atoms with E-state index in [0.29, 0.717) is 19.7 Å². The topological polar surface area (TPSA) is 56.8 Å². The van der Waals surface area contributed by atoms with Gasteiger partial charge >= 0.3 is 0 Å². The maximum Gasteiger partial charge on any atom is 0.234 e. The van der Waals surface area contributed by atoms with Crippen molar-refractivity contribution in [3.8, 4) is 0 Å². The van der Waals surface area contributed by atoms with E-state index >= 15 is 0 Å². The molecule has 1 saturated heterocycles. The van der Waals surface area contributed by atoms with E-state index in [0.717, 1.165) is 39.3 Å². The van der Waals surface area contributed by atoms with Crippen LogP contribution < -0.4 is 10.6 Å². The number of nitrogens with zero attached hydrogens (tertiary/aromatic N) is 2. The number of hydrogen-bond acceptors (Lipinski definition) is 5. The van der Waals surface area contributed by atoms with Crippen LogP contribution in [0.15, 0.2) is 0 Å². The average molecular weight is 276 g/mol. The van der Waals surface area contributed by atoms with Crippen LogP contribution >= 0.6 is 9.47 Å². The predicted molar refractivity (Wildman–Crippen MR) is 75.2 cm³/mol. The summed E-state index contributed by atoms with van der Waals surface area (Å²) in [5.41, 5.74) is 0. The summed E-state index contributed by atoms with van der Waals surface area (Å²) in [6.45, 7) is 6.75. The number of amides is 1. The molecule has 1 rings (SSSR count). The molecule has 0 aromatic heterocycles. The van der Waals surface area contributed by atoms with E-state index in [4.69, 9.17) is 4.52 Å². The van der Waals surface area contributed by atoms with Crippen molar-refractivity contribution < 1.29 is 9.32 Å². The molecule has 18 heavy (non-hydrogen) atoms. The van der Waals surface area contributed by atoms with Gasteiger partial charge in [-0.05, 0) is 13.5 Å². The Labute approximate surface area is 112 Å². The molecule has 0 aromatic rings. The zero-order chi connectivity index (χ0) is 13.2. The summed E-state index contributed by atoms with van der Waals surface area (Å²) in [7, 11) is 4.17. The van der Waals surface area contributed by atoms with Gasteiger partial charge in [0.1, 0.15) is 0 Å². The van der Waals surface area contributed by atoms with Crippen molar-refractivity contribution in [2.45, 2.75) is 6.42 Å². The van der Waals surface area contributed by atoms with Crippen LogP contribution in [0.3, 0.4) is 0 Å². The summed E-state index contributed by atoms with van der Waals surface area (Å²) >= 11 is 0. The van der Waals surface area contributed by atoms with Gasteiger partial charge in [0.25, 0.3) is 0 Å². The van der Waals surface area contributed by atoms with Crippen molar-refractivity contribution in [3.05, 3.63) is 0 Å². The van der Waals surface area contributed by atoms with Crippen LogP contribution in [0.2, 0.25) is 0 Å². The quantitative estimate of drug-likeness (QED) is 0.444. The molecule has 0 radical (unpaired) electrons. The minimum Gasteiger partial charge on any atom is -0.366 e. The fraction of sp³-hybridized carbons (Fsp3) is 0.909. The standard InChI is InChI=1S/C11H25N4O2P/c1-12-10-15-6-4-14(5-7-15)9-11(16)13-3-2-8-17-18/h12H,2-10,18H2,1H3,(H,13,16). The monoisotopic (exact) mass is 276 g/mol. The summed E-state index contributed by atoms with van der Waals surface area (Å²) in [5, 5.41) is 6.05. The Bertz CT molecular complexity index is 235. The summed E-state index contributed by atoms with van der Waals surface area (Å²) in [5.74, 6) is 0.112. The van der Waals surface area contributed by atoms with Crippen molar-refractivity contribution in [2.24, 2.45) is 0 Å². The van der Waals surface area contributed by atoms with Crippen LogP contribution in [0.25, 0.3) is 0 Å². The van der Waals surface area contributed by atoms with Crippen LogP contribution in [0.5, 0.6) is 0 Å². The zero-order valence-corrected chi connectivity index (χ0v) is 12.3. The Morgan fingerprint density at radius 3 is 2.56 bits per heavy atom. The minimum absolute atomic E-state index is 0.112. The molecule has 1 heterocycles. The van der Waals surface area contributed by atoms with E-state index in [1.807, 2.05) is 7.05 Å². The third-order valence-corrected chi connectivity index (χ3v) is 3.21. The molecule has 1 atom stereocenters. The van der Waals surface area contributed by atoms with Crippen LogP contribution in [0.1, 0.15) is 6.42 Å². The van der Waals surface area contributed by atoms with Crippen molar-refractivity contribution in [1.29, 1.82) is 0 Å². The fourth-order valence-corrected chi connectivity index (χ4v) is 2.14. The lowest BCUT2D eigenvalue weighted by Crippen LogP contribution is -2.51. The molecule has 1 amide bonds. The lowest BCUT2D eigenvalue weighted by atomic mass is 10.3. The third-order valence-electron chi connectivity index (χ3n) is 2.97. The maximum absolute atomic E-state index is 11.7. The zero-order valence-electron chi connectivity index (χ0n) is 11.2. The highest BCUT2D eigenvalue weighted by molar-refractivity contribution is 7.09. The normalized spacial score (nSPS) is 17.9. The predicted octanol–water partition coefficient (Wildman–Crippen LogP) is -0.906. The van der Waals surface area contributed by atoms with Crippen molar-refractivity contribution in [1.82, 2.24) is 20.4 Å². The van der Waals surface area contributed by atoms with Crippen LogP contribution in [-0.2, 0) is 9.32 Å². The highest BCUT2D eigenvalue weighted by Crippen LogP contribution is 1.99. The van der Waals surface area contributed by atoms with Crippen molar-refractivity contribution >= 4 is 15.4 Å². The highest BCUT2D eigenvalue weighted by atomic mass is 31.0. The highest BCUT2D eigenvalue weighted by Gasteiger charge is 2.17. The first-order chi connectivity index (χ1) is 8.76. The molecule has 0 spiro atoms. The Morgan fingerprint density at radius 1 is 1.28 bits per heavy atom. The van der Waals surface area contributed by atoms with E-state index in [-0.39, 0.29) is 5.91 Å². The fourth-order valence-electron chi connectivity index (χ4n) is 1.97. The first kappa shape index (κ1) is 15.8. The first-order valence-electron chi connectivity index (χ1n) is 6.44. The molecule has 1 unspecified atom stereocenters. The van der Waals surface area contributed by atoms with Crippen LogP contribution in [0, 0.1) is 0 Å². The van der Waals surface area contributed by atoms with Crippen LogP contribution in [0.4, 0.5) is 0 Å². The second kappa shape index (κ2) is 9.64. The lowest BCUT2D eigenvalue weighted by Gasteiger charge is -2.33. The maximum atomic E-state index is 11.7. The van der Waals surface area contributed by atoms with Crippen molar-refractivity contribution in [3.63, 3.8) is 0 Å². The van der Waals surface area contributed by atoms with Gasteiger partial charge in [-0.25, -0.2) is 0 Å². The average Bonchev–Trinajstić information content (AvgIpc) is 2.37. The van der Waals surface area contributed by atoms with Gasteiger partial charge in [0, 0.05) is 48.9 Å². The number of nitrogens with one attached hydrogen (secondary N) is 2. The Kier molecular flexibility index (Phi) is 8.46. The smallest absolute Gasteiger partial charge is 0.234 e. The SMILES string of the molecule is CNCN1CCN(CC(=O)NCCCOP)CC1. The van der Waals surface area contributed by atoms with Gasteiger partial charge in [-0.15, -0.1) is 0 Å². The number of piperazine rings is 1. The molecule has 0 saturated carbocycles. The molecule has 1 fully saturated rings. The molecule has 106 valence electrons. The number of carbonyl (C=O) groups is 1. The van der Waals surface area contributed by atoms with Crippen LogP contribution in [-0.4, -0.2) is 75.3 Å². The van der Waals surface area contributed by atoms with Gasteiger partial charge in [-0.3, -0.25) is 14.6 Å². The summed E-state index contributed by atoms with van der Waals surface area (Å²) in [4.78, 5) is 16.2. The third kappa shape index (κ3) is 6.61. The largest absolute Gasteiger partial charge is 0.366 e. The van der Waals surface area contributed by atoms with Gasteiger partial charge in [0.05, 0.1) is 13.2 Å². The molecular weight excluding hydrogens is 251 g/mol. The van der Waals surface area contributed by atoms with Crippen molar-refractivity contribution in [2.75, 3.05) is 59.6 Å². The van der Waals surface area contributed by atoms with Gasteiger partial charge in [-0.2, -0.15) is 0 Å². The number of carbonyl (C=O) groups excluding carboxylic acids is 1. The first-order valence-corrected chi connectivity index (χ1v) is 6.91. The van der Waals surface area contributed by atoms with E-state index < -0.39 is 0 Å². The van der Waals surface area contributed by atoms with Gasteiger partial charge in [0.2, 0.25) is 5.91 Å². The Morgan fingerprint density at radius 2 is 1.94 bits per heavy atom. The molecular formula is C11H25N4O2P. The Hall–Kier alpha value is -0.260. The second-order valence-electron chi connectivity index (χ2n) is 4.48. The van der Waals surface area contributed by atoms with E-state index in [1.165, 1.54) is 0 Å². The molecule has 6 nitrogen and oxygen atoms in total. The van der Waals surface area contributed by atoms with E-state index in [9.17, 15) is 4.79 Å². The summed E-state index contributed by atoms with van der Waals surface area (Å²) in [6, 6.07) is 0. The molecule has 0 aromatic carbocycles. The second-order valence-corrected chi connectivity index (χ2v) is 4.81. The number of rotatable bonds is 8. The number of hydrogen-bond donors (Lipinski definition) is 2. The van der Waals surface area contributed by atoms with Gasteiger partial charge in [0.15, 0.2) is 0 Å². The van der Waals surface area contributed by atoms with Gasteiger partial charge < -0.3 is 15.2 Å². The van der Waals surface area contributed by atoms with E-state index in [1.54, 1.807) is 0 Å². The molecule has 2 N–H and O–H groups in total. The molecule has 1 aliphatic rings. The summed E-state index contributed by atoms with van der Waals surface area (Å²) < 4.78 is 4.85. The lowest BCUT2D eigenvalue weighted by molar-refractivity contribution is -0.122. The van der Waals surface area contributed by atoms with E-state index in [2.05, 4.69) is 29.9 Å². The van der Waals surface area contributed by atoms with Gasteiger partial charge in [-0.1, -0.05) is 0 Å². The Balaban J connectivity index is 2.07. The summed E-state index contributed by atoms with van der Waals surface area (Å²) in [6.07, 6.45) is 0.852. The molecule has 0 bridgehead atoms. The molecule has 1 aliphatic heterocycles. The minimum atomic E-state index is 0.112. The molecule has 0 aliphatic carbocycles.